The molecule has 2 aromatic carbocycles. The molecule has 0 saturated carbocycles. The molecule has 1 heterocycles. The Kier molecular flexibility index (Phi) is 6.32. The lowest BCUT2D eigenvalue weighted by Crippen LogP contribution is -2.54. The molecule has 27 heavy (non-hydrogen) atoms. The first-order chi connectivity index (χ1) is 13.0. The van der Waals surface area contributed by atoms with Crippen molar-refractivity contribution in [1.29, 1.82) is 0 Å². The molecule has 0 spiro atoms. The third-order valence-electron chi connectivity index (χ3n) is 4.31. The van der Waals surface area contributed by atoms with Crippen molar-refractivity contribution in [3.8, 4) is 5.75 Å². The van der Waals surface area contributed by atoms with Crippen LogP contribution in [0.2, 0.25) is 5.02 Å². The van der Waals surface area contributed by atoms with Gasteiger partial charge in [-0.2, -0.15) is 0 Å². The summed E-state index contributed by atoms with van der Waals surface area (Å²) in [6.07, 6.45) is 0.795. The smallest absolute Gasteiger partial charge is 0.255 e. The van der Waals surface area contributed by atoms with Crippen LogP contribution in [-0.4, -0.2) is 42.5 Å². The molecular weight excluding hydrogens is 366 g/mol. The normalized spacial score (nSPS) is 17.4. The molecule has 7 heteroatoms. The van der Waals surface area contributed by atoms with Crippen LogP contribution in [-0.2, 0) is 22.6 Å². The Morgan fingerprint density at radius 3 is 2.70 bits per heavy atom. The van der Waals surface area contributed by atoms with E-state index in [4.69, 9.17) is 22.1 Å². The van der Waals surface area contributed by atoms with Crippen LogP contribution in [0.4, 0.5) is 0 Å². The highest BCUT2D eigenvalue weighted by molar-refractivity contribution is 6.32. The van der Waals surface area contributed by atoms with E-state index in [2.05, 4.69) is 22.3 Å². The van der Waals surface area contributed by atoms with Gasteiger partial charge in [0.05, 0.1) is 11.6 Å². The number of carbonyl (C=O) groups excluding carboxylic acids is 2. The van der Waals surface area contributed by atoms with Crippen LogP contribution in [0.15, 0.2) is 48.5 Å². The van der Waals surface area contributed by atoms with Gasteiger partial charge in [-0.3, -0.25) is 14.5 Å². The lowest BCUT2D eigenvalue weighted by atomic mass is 10.0. The van der Waals surface area contributed by atoms with E-state index in [1.54, 1.807) is 12.1 Å². The van der Waals surface area contributed by atoms with Crippen LogP contribution in [0.25, 0.3) is 0 Å². The molecule has 142 valence electrons. The number of nitrogens with zero attached hydrogens (tertiary/aromatic N) is 1. The summed E-state index contributed by atoms with van der Waals surface area (Å²) in [5, 5.41) is 3.47. The second-order valence-electron chi connectivity index (χ2n) is 6.64. The van der Waals surface area contributed by atoms with Gasteiger partial charge in [0.25, 0.3) is 5.91 Å². The highest BCUT2D eigenvalue weighted by Crippen LogP contribution is 2.26. The van der Waals surface area contributed by atoms with E-state index in [0.29, 0.717) is 23.9 Å². The number of rotatable bonds is 7. The molecule has 0 aliphatic carbocycles. The zero-order valence-electron chi connectivity index (χ0n) is 14.9. The van der Waals surface area contributed by atoms with Crippen LogP contribution < -0.4 is 15.8 Å². The summed E-state index contributed by atoms with van der Waals surface area (Å²) in [5.74, 6) is -0.119. The number of benzene rings is 2. The third-order valence-corrected chi connectivity index (χ3v) is 4.60. The minimum absolute atomic E-state index is 0.0229. The molecule has 0 bridgehead atoms. The third kappa shape index (κ3) is 5.70. The largest absolute Gasteiger partial charge is 0.482 e. The number of nitrogens with two attached hydrogens (primary N) is 1. The molecule has 1 aliphatic heterocycles. The summed E-state index contributed by atoms with van der Waals surface area (Å²) in [4.78, 5) is 25.0. The number of amides is 2. The molecule has 0 radical (unpaired) electrons. The van der Waals surface area contributed by atoms with Gasteiger partial charge in [-0.25, -0.2) is 0 Å². The first kappa shape index (κ1) is 19.2. The lowest BCUT2D eigenvalue weighted by molar-refractivity contribution is -0.125. The van der Waals surface area contributed by atoms with E-state index in [0.717, 1.165) is 18.5 Å². The second kappa shape index (κ2) is 8.88. The van der Waals surface area contributed by atoms with Gasteiger partial charge in [-0.05, 0) is 29.7 Å². The van der Waals surface area contributed by atoms with Crippen molar-refractivity contribution in [2.45, 2.75) is 19.0 Å². The standard InChI is InChI=1S/C20H22ClN3O3/c21-17-9-15(6-7-18(17)27-13-19(22)25)10-24-11-16(23-20(26)12-24)8-14-4-2-1-3-5-14/h1-7,9,16H,8,10-13H2,(H2,22,25)(H,23,26)/t16-/m0/s1. The maximum Gasteiger partial charge on any atom is 0.255 e. The Labute approximate surface area is 163 Å². The Morgan fingerprint density at radius 1 is 1.22 bits per heavy atom. The molecule has 3 rings (SSSR count). The summed E-state index contributed by atoms with van der Waals surface area (Å²) in [6, 6.07) is 15.6. The van der Waals surface area contributed by atoms with E-state index in [1.807, 2.05) is 24.3 Å². The fourth-order valence-corrected chi connectivity index (χ4v) is 3.46. The number of hydrogen-bond donors (Lipinski definition) is 2. The molecule has 1 fully saturated rings. The Balaban J connectivity index is 1.61. The van der Waals surface area contributed by atoms with Gasteiger partial charge in [-0.15, -0.1) is 0 Å². The number of ether oxygens (including phenoxy) is 1. The van der Waals surface area contributed by atoms with Crippen molar-refractivity contribution in [2.24, 2.45) is 5.73 Å². The minimum atomic E-state index is -0.557. The monoisotopic (exact) mass is 387 g/mol. The van der Waals surface area contributed by atoms with Gasteiger partial charge in [0, 0.05) is 19.1 Å². The number of carbonyl (C=O) groups is 2. The zero-order chi connectivity index (χ0) is 19.2. The molecule has 1 aliphatic rings. The predicted octanol–water partition coefficient (Wildman–Crippen LogP) is 1.75. The second-order valence-corrected chi connectivity index (χ2v) is 7.05. The summed E-state index contributed by atoms with van der Waals surface area (Å²) in [7, 11) is 0. The van der Waals surface area contributed by atoms with Crippen LogP contribution in [0.5, 0.6) is 5.75 Å². The fraction of sp³-hybridized carbons (Fsp3) is 0.300. The van der Waals surface area contributed by atoms with Crippen molar-refractivity contribution < 1.29 is 14.3 Å². The Morgan fingerprint density at radius 2 is 2.00 bits per heavy atom. The summed E-state index contributed by atoms with van der Waals surface area (Å²) in [5.41, 5.74) is 7.24. The number of primary amides is 1. The van der Waals surface area contributed by atoms with E-state index in [9.17, 15) is 9.59 Å². The molecule has 0 aromatic heterocycles. The quantitative estimate of drug-likeness (QED) is 0.758. The number of halogens is 1. The molecule has 1 atom stereocenters. The molecule has 2 amide bonds. The van der Waals surface area contributed by atoms with Crippen molar-refractivity contribution in [2.75, 3.05) is 19.7 Å². The van der Waals surface area contributed by atoms with E-state index in [-0.39, 0.29) is 18.6 Å². The van der Waals surface area contributed by atoms with Gasteiger partial charge in [0.15, 0.2) is 6.61 Å². The van der Waals surface area contributed by atoms with Gasteiger partial charge >= 0.3 is 0 Å². The van der Waals surface area contributed by atoms with Crippen LogP contribution in [0.1, 0.15) is 11.1 Å². The van der Waals surface area contributed by atoms with Crippen LogP contribution >= 0.6 is 11.6 Å². The van der Waals surface area contributed by atoms with E-state index in [1.165, 1.54) is 5.56 Å². The zero-order valence-corrected chi connectivity index (χ0v) is 15.6. The van der Waals surface area contributed by atoms with Gasteiger partial charge in [0.1, 0.15) is 5.75 Å². The number of nitrogens with one attached hydrogen (secondary N) is 1. The fourth-order valence-electron chi connectivity index (χ4n) is 3.20. The molecule has 2 aromatic rings. The summed E-state index contributed by atoms with van der Waals surface area (Å²) in [6.45, 7) is 1.50. The first-order valence-corrected chi connectivity index (χ1v) is 9.12. The summed E-state index contributed by atoms with van der Waals surface area (Å²) < 4.78 is 5.26. The predicted molar refractivity (Wildman–Crippen MR) is 103 cm³/mol. The number of piperazine rings is 1. The lowest BCUT2D eigenvalue weighted by Gasteiger charge is -2.33. The number of hydrogen-bond acceptors (Lipinski definition) is 4. The highest BCUT2D eigenvalue weighted by Gasteiger charge is 2.24. The van der Waals surface area contributed by atoms with Crippen molar-refractivity contribution >= 4 is 23.4 Å². The minimum Gasteiger partial charge on any atom is -0.482 e. The molecule has 3 N–H and O–H groups in total. The average molecular weight is 388 g/mol. The van der Waals surface area contributed by atoms with Gasteiger partial charge in [0.2, 0.25) is 5.91 Å². The van der Waals surface area contributed by atoms with Crippen molar-refractivity contribution in [1.82, 2.24) is 10.2 Å². The average Bonchev–Trinajstić information content (AvgIpc) is 2.61. The SMILES string of the molecule is NC(=O)COc1ccc(CN2CC(=O)N[C@@H](Cc3ccccc3)C2)cc1Cl. The van der Waals surface area contributed by atoms with Gasteiger partial charge in [-0.1, -0.05) is 48.0 Å². The van der Waals surface area contributed by atoms with Crippen molar-refractivity contribution in [3.05, 3.63) is 64.7 Å². The van der Waals surface area contributed by atoms with Crippen LogP contribution in [0.3, 0.4) is 0 Å². The topological polar surface area (TPSA) is 84.7 Å². The maximum atomic E-state index is 12.1. The summed E-state index contributed by atoms with van der Waals surface area (Å²) >= 11 is 6.22. The highest BCUT2D eigenvalue weighted by atomic mass is 35.5. The first-order valence-electron chi connectivity index (χ1n) is 8.75. The Hall–Kier alpha value is -2.57. The van der Waals surface area contributed by atoms with Crippen LogP contribution in [0, 0.1) is 0 Å². The molecule has 1 saturated heterocycles. The van der Waals surface area contributed by atoms with Gasteiger partial charge < -0.3 is 15.8 Å². The van der Waals surface area contributed by atoms with E-state index >= 15 is 0 Å². The van der Waals surface area contributed by atoms with Crippen molar-refractivity contribution in [3.63, 3.8) is 0 Å². The molecule has 0 unspecified atom stereocenters. The molecule has 6 nitrogen and oxygen atoms in total. The molecular formula is C20H22ClN3O3. The maximum absolute atomic E-state index is 12.1. The van der Waals surface area contributed by atoms with E-state index < -0.39 is 5.91 Å². The Bertz CT molecular complexity index is 813.